The van der Waals surface area contributed by atoms with Gasteiger partial charge in [-0.15, -0.1) is 0 Å². The second kappa shape index (κ2) is 5.39. The van der Waals surface area contributed by atoms with E-state index in [0.717, 1.165) is 0 Å². The van der Waals surface area contributed by atoms with Crippen LogP contribution in [0.25, 0.3) is 0 Å². The molecule has 0 amide bonds. The number of rotatable bonds is 0. The Bertz CT molecular complexity index is 376. The first-order valence-electron chi connectivity index (χ1n) is 3.94. The second-order valence-electron chi connectivity index (χ2n) is 2.12. The van der Waals surface area contributed by atoms with E-state index in [9.17, 15) is 4.79 Å². The Morgan fingerprint density at radius 1 is 1.54 bits per heavy atom. The number of halogens is 1. The predicted octanol–water partition coefficient (Wildman–Crippen LogP) is 2.23. The molecule has 0 radical (unpaired) electrons. The zero-order valence-electron chi connectivity index (χ0n) is 7.81. The monoisotopic (exact) mass is 198 g/mol. The van der Waals surface area contributed by atoms with Crippen LogP contribution >= 0.6 is 11.6 Å². The van der Waals surface area contributed by atoms with Crippen molar-refractivity contribution < 1.29 is 0 Å². The summed E-state index contributed by atoms with van der Waals surface area (Å²) < 4.78 is 0. The summed E-state index contributed by atoms with van der Waals surface area (Å²) in [6.07, 6.45) is 0. The maximum absolute atomic E-state index is 10.9. The van der Waals surface area contributed by atoms with Gasteiger partial charge in [-0.25, -0.2) is 0 Å². The fourth-order valence-electron chi connectivity index (χ4n) is 0.753. The van der Waals surface area contributed by atoms with Gasteiger partial charge in [0, 0.05) is 5.69 Å². The summed E-state index contributed by atoms with van der Waals surface area (Å²) in [5.74, 6) is 0. The zero-order valence-corrected chi connectivity index (χ0v) is 8.57. The van der Waals surface area contributed by atoms with E-state index in [1.54, 1.807) is 19.1 Å². The summed E-state index contributed by atoms with van der Waals surface area (Å²) in [7, 11) is 0. The maximum atomic E-state index is 10.9. The SMILES string of the molecule is CC.Cc1cc(Cl)c(C#N)c(=O)[nH]1. The summed E-state index contributed by atoms with van der Waals surface area (Å²) in [4.78, 5) is 13.4. The Morgan fingerprint density at radius 3 is 2.46 bits per heavy atom. The lowest BCUT2D eigenvalue weighted by Gasteiger charge is -1.94. The molecule has 1 N–H and O–H groups in total. The smallest absolute Gasteiger partial charge is 0.267 e. The van der Waals surface area contributed by atoms with Crippen molar-refractivity contribution in [1.82, 2.24) is 4.98 Å². The van der Waals surface area contributed by atoms with Gasteiger partial charge in [0.05, 0.1) is 5.02 Å². The van der Waals surface area contributed by atoms with Crippen LogP contribution < -0.4 is 5.56 Å². The lowest BCUT2D eigenvalue weighted by atomic mass is 10.3. The van der Waals surface area contributed by atoms with Crippen LogP contribution in [0.4, 0.5) is 0 Å². The molecular formula is C9H11ClN2O. The van der Waals surface area contributed by atoms with E-state index >= 15 is 0 Å². The van der Waals surface area contributed by atoms with Crippen molar-refractivity contribution in [3.8, 4) is 6.07 Å². The number of pyridine rings is 1. The van der Waals surface area contributed by atoms with E-state index in [1.807, 2.05) is 13.8 Å². The van der Waals surface area contributed by atoms with Crippen molar-refractivity contribution in [1.29, 1.82) is 5.26 Å². The number of nitrogens with one attached hydrogen (secondary N) is 1. The third-order valence-electron chi connectivity index (χ3n) is 1.23. The number of H-pyrrole nitrogens is 1. The molecule has 0 aliphatic carbocycles. The Balaban J connectivity index is 0.000000671. The molecule has 70 valence electrons. The predicted molar refractivity (Wildman–Crippen MR) is 52.9 cm³/mol. The summed E-state index contributed by atoms with van der Waals surface area (Å²) in [6.45, 7) is 5.70. The topological polar surface area (TPSA) is 56.6 Å². The molecule has 0 aliphatic heterocycles. The minimum Gasteiger partial charge on any atom is -0.325 e. The van der Waals surface area contributed by atoms with Crippen LogP contribution in [0.2, 0.25) is 5.02 Å². The van der Waals surface area contributed by atoms with Gasteiger partial charge in [0.15, 0.2) is 0 Å². The Kier molecular flexibility index (Phi) is 4.86. The number of hydrogen-bond acceptors (Lipinski definition) is 2. The maximum Gasteiger partial charge on any atom is 0.267 e. The summed E-state index contributed by atoms with van der Waals surface area (Å²) in [5, 5.41) is 8.64. The van der Waals surface area contributed by atoms with E-state index in [0.29, 0.717) is 5.69 Å². The molecular weight excluding hydrogens is 188 g/mol. The van der Waals surface area contributed by atoms with Crippen molar-refractivity contribution in [3.05, 3.63) is 32.7 Å². The third-order valence-corrected chi connectivity index (χ3v) is 1.53. The van der Waals surface area contributed by atoms with E-state index in [2.05, 4.69) is 4.98 Å². The lowest BCUT2D eigenvalue weighted by molar-refractivity contribution is 1.13. The molecule has 1 rings (SSSR count). The van der Waals surface area contributed by atoms with Gasteiger partial charge in [0.2, 0.25) is 0 Å². The van der Waals surface area contributed by atoms with Gasteiger partial charge >= 0.3 is 0 Å². The first kappa shape index (κ1) is 11.7. The van der Waals surface area contributed by atoms with Crippen LogP contribution in [-0.2, 0) is 0 Å². The molecule has 4 heteroatoms. The summed E-state index contributed by atoms with van der Waals surface area (Å²) in [5.41, 5.74) is 0.189. The highest BCUT2D eigenvalue weighted by Crippen LogP contribution is 2.10. The quantitative estimate of drug-likeness (QED) is 0.695. The number of aromatic amines is 1. The van der Waals surface area contributed by atoms with Crippen molar-refractivity contribution >= 4 is 11.6 Å². The molecule has 0 saturated carbocycles. The Labute approximate surface area is 82.0 Å². The fourth-order valence-corrected chi connectivity index (χ4v) is 1.04. The van der Waals surface area contributed by atoms with Gasteiger partial charge in [-0.05, 0) is 13.0 Å². The minimum absolute atomic E-state index is 0.0303. The number of aromatic nitrogens is 1. The highest BCUT2D eigenvalue weighted by Gasteiger charge is 2.03. The average Bonchev–Trinajstić information content (AvgIpc) is 2.07. The van der Waals surface area contributed by atoms with E-state index in [4.69, 9.17) is 16.9 Å². The van der Waals surface area contributed by atoms with Crippen molar-refractivity contribution in [2.24, 2.45) is 0 Å². The first-order chi connectivity index (χ1) is 6.15. The van der Waals surface area contributed by atoms with Gasteiger partial charge in [-0.2, -0.15) is 5.26 Å². The fraction of sp³-hybridized carbons (Fsp3) is 0.333. The van der Waals surface area contributed by atoms with Crippen LogP contribution in [0.3, 0.4) is 0 Å². The first-order valence-corrected chi connectivity index (χ1v) is 4.32. The highest BCUT2D eigenvalue weighted by molar-refractivity contribution is 6.31. The van der Waals surface area contributed by atoms with Gasteiger partial charge in [-0.3, -0.25) is 4.79 Å². The minimum atomic E-state index is -0.433. The standard InChI is InChI=1S/C7H5ClN2O.C2H6/c1-4-2-6(8)5(3-9)7(11)10-4;1-2/h2H,1H3,(H,10,11);1-2H3. The van der Waals surface area contributed by atoms with Crippen molar-refractivity contribution in [2.75, 3.05) is 0 Å². The molecule has 0 unspecified atom stereocenters. The number of nitriles is 1. The van der Waals surface area contributed by atoms with Crippen LogP contribution in [0.15, 0.2) is 10.9 Å². The van der Waals surface area contributed by atoms with Crippen LogP contribution in [0, 0.1) is 18.3 Å². The Hall–Kier alpha value is -1.27. The number of nitrogens with zero attached hydrogens (tertiary/aromatic N) is 1. The third kappa shape index (κ3) is 2.92. The van der Waals surface area contributed by atoms with Crippen molar-refractivity contribution in [2.45, 2.75) is 20.8 Å². The van der Waals surface area contributed by atoms with E-state index in [-0.39, 0.29) is 10.6 Å². The van der Waals surface area contributed by atoms with Gasteiger partial charge in [0.1, 0.15) is 11.6 Å². The highest BCUT2D eigenvalue weighted by atomic mass is 35.5. The number of hydrogen-bond donors (Lipinski definition) is 1. The normalized spacial score (nSPS) is 8.23. The lowest BCUT2D eigenvalue weighted by Crippen LogP contribution is -2.11. The number of aryl methyl sites for hydroxylation is 1. The Morgan fingerprint density at radius 2 is 2.08 bits per heavy atom. The molecule has 0 atom stereocenters. The molecule has 0 saturated heterocycles. The van der Waals surface area contributed by atoms with E-state index in [1.165, 1.54) is 0 Å². The summed E-state index contributed by atoms with van der Waals surface area (Å²) in [6, 6.07) is 3.26. The molecule has 0 aliphatic rings. The van der Waals surface area contributed by atoms with Gasteiger partial charge < -0.3 is 4.98 Å². The molecule has 1 heterocycles. The molecule has 1 aromatic rings. The van der Waals surface area contributed by atoms with Crippen molar-refractivity contribution in [3.63, 3.8) is 0 Å². The van der Waals surface area contributed by atoms with Crippen LogP contribution in [0.5, 0.6) is 0 Å². The van der Waals surface area contributed by atoms with Crippen LogP contribution in [0.1, 0.15) is 25.1 Å². The average molecular weight is 199 g/mol. The van der Waals surface area contributed by atoms with Crippen LogP contribution in [-0.4, -0.2) is 4.98 Å². The van der Waals surface area contributed by atoms with Gasteiger partial charge in [0.25, 0.3) is 5.56 Å². The van der Waals surface area contributed by atoms with E-state index < -0.39 is 5.56 Å². The van der Waals surface area contributed by atoms with Gasteiger partial charge in [-0.1, -0.05) is 25.4 Å². The molecule has 0 fully saturated rings. The molecule has 0 spiro atoms. The zero-order chi connectivity index (χ0) is 10.4. The summed E-state index contributed by atoms with van der Waals surface area (Å²) >= 11 is 5.59. The molecule has 3 nitrogen and oxygen atoms in total. The molecule has 0 bridgehead atoms. The molecule has 1 aromatic heterocycles. The molecule has 13 heavy (non-hydrogen) atoms. The second-order valence-corrected chi connectivity index (χ2v) is 2.52. The molecule has 0 aromatic carbocycles. The largest absolute Gasteiger partial charge is 0.325 e.